The minimum Gasteiger partial charge on any atom is -0.472 e. The van der Waals surface area contributed by atoms with E-state index >= 15 is 0 Å². The average molecular weight is 261 g/mol. The summed E-state index contributed by atoms with van der Waals surface area (Å²) in [5.74, 6) is 1.34. The van der Waals surface area contributed by atoms with Gasteiger partial charge in [-0.25, -0.2) is 4.98 Å². The maximum absolute atomic E-state index is 6.11. The van der Waals surface area contributed by atoms with E-state index < -0.39 is 0 Å². The Balaban J connectivity index is 1.89. The fraction of sp³-hybridized carbons (Fsp3) is 0.615. The Morgan fingerprint density at radius 1 is 1.37 bits per heavy atom. The monoisotopic (exact) mass is 261 g/mol. The van der Waals surface area contributed by atoms with Gasteiger partial charge in [0.1, 0.15) is 11.6 Å². The summed E-state index contributed by atoms with van der Waals surface area (Å²) in [5.41, 5.74) is 6.99. The van der Waals surface area contributed by atoms with E-state index in [4.69, 9.17) is 10.5 Å². The molecule has 2 atom stereocenters. The van der Waals surface area contributed by atoms with Gasteiger partial charge in [0.25, 0.3) is 0 Å². The highest BCUT2D eigenvalue weighted by atomic mass is 16.5. The van der Waals surface area contributed by atoms with Crippen LogP contribution in [-0.4, -0.2) is 26.0 Å². The van der Waals surface area contributed by atoms with Gasteiger partial charge in [-0.1, -0.05) is 13.3 Å². The first-order chi connectivity index (χ1) is 9.28. The van der Waals surface area contributed by atoms with Crippen LogP contribution in [0, 0.1) is 5.92 Å². The van der Waals surface area contributed by atoms with E-state index in [0.29, 0.717) is 17.4 Å². The van der Waals surface area contributed by atoms with Crippen molar-refractivity contribution in [3.05, 3.63) is 6.33 Å². The molecular formula is C13H19N5O. The molecule has 2 aromatic heterocycles. The number of fused-ring (bicyclic) bond motifs is 1. The summed E-state index contributed by atoms with van der Waals surface area (Å²) >= 11 is 0. The number of nitrogen functional groups attached to an aromatic ring is 1. The highest BCUT2D eigenvalue weighted by molar-refractivity contribution is 5.76. The number of ether oxygens (including phenoxy) is 1. The number of anilines is 1. The molecule has 2 unspecified atom stereocenters. The van der Waals surface area contributed by atoms with Crippen molar-refractivity contribution in [2.45, 2.75) is 45.1 Å². The molecule has 6 heteroatoms. The normalized spacial score (nSPS) is 23.6. The van der Waals surface area contributed by atoms with Crippen molar-refractivity contribution >= 4 is 17.1 Å². The molecule has 0 aromatic carbocycles. The SMILES string of the molecule is CCC1CCCCC1Oc1nc(N)nc2nc[nH]c12. The first-order valence-corrected chi connectivity index (χ1v) is 6.91. The Labute approximate surface area is 111 Å². The second-order valence-corrected chi connectivity index (χ2v) is 5.10. The third kappa shape index (κ3) is 2.34. The molecule has 0 saturated heterocycles. The van der Waals surface area contributed by atoms with E-state index in [-0.39, 0.29) is 12.1 Å². The van der Waals surface area contributed by atoms with Gasteiger partial charge < -0.3 is 15.5 Å². The van der Waals surface area contributed by atoms with Crippen molar-refractivity contribution in [2.24, 2.45) is 5.92 Å². The van der Waals surface area contributed by atoms with Crippen molar-refractivity contribution in [1.82, 2.24) is 19.9 Å². The van der Waals surface area contributed by atoms with Gasteiger partial charge in [0.2, 0.25) is 11.8 Å². The Hall–Kier alpha value is -1.85. The van der Waals surface area contributed by atoms with E-state index in [1.165, 1.54) is 19.3 Å². The number of rotatable bonds is 3. The number of aromatic nitrogens is 4. The summed E-state index contributed by atoms with van der Waals surface area (Å²) in [5, 5.41) is 0. The molecular weight excluding hydrogens is 242 g/mol. The molecule has 1 saturated carbocycles. The van der Waals surface area contributed by atoms with Crippen molar-refractivity contribution < 1.29 is 4.74 Å². The first-order valence-electron chi connectivity index (χ1n) is 6.91. The van der Waals surface area contributed by atoms with Crippen LogP contribution in [0.4, 0.5) is 5.95 Å². The van der Waals surface area contributed by atoms with Crippen LogP contribution < -0.4 is 10.5 Å². The standard InChI is InChI=1S/C13H19N5O/c1-2-8-5-3-4-6-9(8)19-12-10-11(16-7-15-10)17-13(14)18-12/h7-9H,2-6H2,1H3,(H3,14,15,16,17,18). The molecule has 0 bridgehead atoms. The number of hydrogen-bond donors (Lipinski definition) is 2. The van der Waals surface area contributed by atoms with Crippen LogP contribution in [0.2, 0.25) is 0 Å². The molecule has 6 nitrogen and oxygen atoms in total. The fourth-order valence-corrected chi connectivity index (χ4v) is 2.85. The van der Waals surface area contributed by atoms with E-state index in [1.807, 2.05) is 0 Å². The average Bonchev–Trinajstić information content (AvgIpc) is 2.87. The van der Waals surface area contributed by atoms with E-state index in [0.717, 1.165) is 18.4 Å². The lowest BCUT2D eigenvalue weighted by Gasteiger charge is -2.30. The van der Waals surface area contributed by atoms with Gasteiger partial charge in [-0.3, -0.25) is 0 Å². The lowest BCUT2D eigenvalue weighted by Crippen LogP contribution is -2.30. The van der Waals surface area contributed by atoms with Crippen molar-refractivity contribution in [1.29, 1.82) is 0 Å². The highest BCUT2D eigenvalue weighted by Gasteiger charge is 2.26. The number of nitrogens with one attached hydrogen (secondary N) is 1. The summed E-state index contributed by atoms with van der Waals surface area (Å²) in [4.78, 5) is 15.4. The lowest BCUT2D eigenvalue weighted by molar-refractivity contribution is 0.0874. The molecule has 2 aromatic rings. The predicted octanol–water partition coefficient (Wildman–Crippen LogP) is 2.28. The third-order valence-corrected chi connectivity index (χ3v) is 3.90. The Kier molecular flexibility index (Phi) is 3.23. The zero-order valence-corrected chi connectivity index (χ0v) is 11.1. The molecule has 1 aliphatic carbocycles. The van der Waals surface area contributed by atoms with Gasteiger partial charge in [-0.05, 0) is 31.6 Å². The molecule has 1 aliphatic rings. The van der Waals surface area contributed by atoms with Crippen LogP contribution in [0.25, 0.3) is 11.2 Å². The summed E-state index contributed by atoms with van der Waals surface area (Å²) in [6.45, 7) is 2.21. The van der Waals surface area contributed by atoms with E-state index in [2.05, 4.69) is 26.9 Å². The molecule has 0 spiro atoms. The molecule has 19 heavy (non-hydrogen) atoms. The molecule has 102 valence electrons. The molecule has 3 N–H and O–H groups in total. The number of aromatic amines is 1. The van der Waals surface area contributed by atoms with E-state index in [9.17, 15) is 0 Å². The summed E-state index contributed by atoms with van der Waals surface area (Å²) in [7, 11) is 0. The van der Waals surface area contributed by atoms with E-state index in [1.54, 1.807) is 6.33 Å². The van der Waals surface area contributed by atoms with Crippen LogP contribution >= 0.6 is 0 Å². The molecule has 3 rings (SSSR count). The zero-order chi connectivity index (χ0) is 13.2. The number of nitrogens with two attached hydrogens (primary N) is 1. The maximum atomic E-state index is 6.11. The molecule has 2 heterocycles. The van der Waals surface area contributed by atoms with Gasteiger partial charge in [-0.15, -0.1) is 0 Å². The summed E-state index contributed by atoms with van der Waals surface area (Å²) in [6.07, 6.45) is 7.77. The number of imidazole rings is 1. The quantitative estimate of drug-likeness (QED) is 0.884. The second-order valence-electron chi connectivity index (χ2n) is 5.10. The summed E-state index contributed by atoms with van der Waals surface area (Å²) < 4.78 is 6.11. The lowest BCUT2D eigenvalue weighted by atomic mass is 9.85. The third-order valence-electron chi connectivity index (χ3n) is 3.90. The van der Waals surface area contributed by atoms with Crippen molar-refractivity contribution in [3.8, 4) is 5.88 Å². The van der Waals surface area contributed by atoms with Gasteiger partial charge in [0.15, 0.2) is 5.65 Å². The molecule has 0 radical (unpaired) electrons. The smallest absolute Gasteiger partial charge is 0.245 e. The van der Waals surface area contributed by atoms with Crippen molar-refractivity contribution in [2.75, 3.05) is 5.73 Å². The van der Waals surface area contributed by atoms with Gasteiger partial charge in [-0.2, -0.15) is 9.97 Å². The van der Waals surface area contributed by atoms with Gasteiger partial charge >= 0.3 is 0 Å². The fourth-order valence-electron chi connectivity index (χ4n) is 2.85. The minimum atomic E-state index is 0.207. The Bertz CT molecular complexity index is 567. The molecule has 0 aliphatic heterocycles. The largest absolute Gasteiger partial charge is 0.472 e. The van der Waals surface area contributed by atoms with Crippen LogP contribution in [0.1, 0.15) is 39.0 Å². The number of hydrogen-bond acceptors (Lipinski definition) is 5. The Morgan fingerprint density at radius 2 is 2.21 bits per heavy atom. The van der Waals surface area contributed by atoms with Crippen LogP contribution in [0.3, 0.4) is 0 Å². The van der Waals surface area contributed by atoms with Crippen molar-refractivity contribution in [3.63, 3.8) is 0 Å². The minimum absolute atomic E-state index is 0.207. The number of nitrogens with zero attached hydrogens (tertiary/aromatic N) is 3. The summed E-state index contributed by atoms with van der Waals surface area (Å²) in [6, 6.07) is 0. The topological polar surface area (TPSA) is 89.7 Å². The van der Waals surface area contributed by atoms with Crippen LogP contribution in [0.5, 0.6) is 5.88 Å². The second kappa shape index (κ2) is 5.03. The Morgan fingerprint density at radius 3 is 3.05 bits per heavy atom. The highest BCUT2D eigenvalue weighted by Crippen LogP contribution is 2.31. The zero-order valence-electron chi connectivity index (χ0n) is 11.1. The first kappa shape index (κ1) is 12.2. The number of H-pyrrole nitrogens is 1. The van der Waals surface area contributed by atoms with Crippen LogP contribution in [-0.2, 0) is 0 Å². The van der Waals surface area contributed by atoms with Gasteiger partial charge in [0.05, 0.1) is 6.33 Å². The van der Waals surface area contributed by atoms with Crippen LogP contribution in [0.15, 0.2) is 6.33 Å². The van der Waals surface area contributed by atoms with Gasteiger partial charge in [0, 0.05) is 0 Å². The molecule has 0 amide bonds. The predicted molar refractivity (Wildman–Crippen MR) is 72.8 cm³/mol. The molecule has 1 fully saturated rings. The maximum Gasteiger partial charge on any atom is 0.245 e.